The summed E-state index contributed by atoms with van der Waals surface area (Å²) in [4.78, 5) is 35.2. The Balaban J connectivity index is 1.42. The van der Waals surface area contributed by atoms with Crippen molar-refractivity contribution in [2.24, 2.45) is 0 Å². The van der Waals surface area contributed by atoms with Crippen LogP contribution in [0.2, 0.25) is 0 Å². The van der Waals surface area contributed by atoms with Crippen LogP contribution in [0.15, 0.2) is 60.9 Å². The summed E-state index contributed by atoms with van der Waals surface area (Å²) in [5.41, 5.74) is 4.54. The lowest BCUT2D eigenvalue weighted by Gasteiger charge is -2.32. The molecule has 0 aliphatic carbocycles. The number of benzene rings is 1. The molecule has 0 spiro atoms. The number of rotatable bonds is 6. The van der Waals surface area contributed by atoms with E-state index in [9.17, 15) is 9.59 Å². The average molecular weight is 447 g/mol. The molecule has 3 heterocycles. The highest BCUT2D eigenvalue weighted by Gasteiger charge is 2.27. The molecule has 3 aromatic rings. The molecule has 1 atom stereocenters. The summed E-state index contributed by atoms with van der Waals surface area (Å²) in [5.74, 6) is -0.249. The van der Waals surface area contributed by atoms with Crippen LogP contribution < -0.4 is 5.32 Å². The third-order valence-electron chi connectivity index (χ3n) is 5.54. The van der Waals surface area contributed by atoms with Crippen LogP contribution in [0.3, 0.4) is 0 Å². The van der Waals surface area contributed by atoms with E-state index in [2.05, 4.69) is 15.3 Å². The van der Waals surface area contributed by atoms with Crippen LogP contribution in [0.1, 0.15) is 38.2 Å². The summed E-state index contributed by atoms with van der Waals surface area (Å²) in [7, 11) is 3.22. The number of aromatic nitrogens is 2. The normalized spacial score (nSPS) is 15.8. The molecule has 1 saturated heterocycles. The number of nitrogens with zero attached hydrogens (tertiary/aromatic N) is 3. The molecule has 8 nitrogen and oxygen atoms in total. The van der Waals surface area contributed by atoms with E-state index in [1.54, 1.807) is 37.5 Å². The molecule has 1 aliphatic rings. The molecule has 33 heavy (non-hydrogen) atoms. The molecule has 170 valence electrons. The van der Waals surface area contributed by atoms with Gasteiger partial charge in [0, 0.05) is 49.8 Å². The summed E-state index contributed by atoms with van der Waals surface area (Å²) >= 11 is 0. The van der Waals surface area contributed by atoms with Crippen LogP contribution in [-0.4, -0.2) is 60.5 Å². The van der Waals surface area contributed by atoms with Gasteiger partial charge in [0.15, 0.2) is 0 Å². The van der Waals surface area contributed by atoms with Crippen molar-refractivity contribution in [1.82, 2.24) is 20.2 Å². The number of hydrogen-bond acceptors (Lipinski definition) is 6. The molecule has 0 radical (unpaired) electrons. The van der Waals surface area contributed by atoms with Crippen molar-refractivity contribution < 1.29 is 19.1 Å². The Morgan fingerprint density at radius 1 is 1.06 bits per heavy atom. The van der Waals surface area contributed by atoms with Crippen LogP contribution >= 0.6 is 0 Å². The van der Waals surface area contributed by atoms with Crippen molar-refractivity contribution in [2.45, 2.75) is 12.7 Å². The third-order valence-corrected chi connectivity index (χ3v) is 5.54. The highest BCUT2D eigenvalue weighted by Crippen LogP contribution is 2.25. The van der Waals surface area contributed by atoms with E-state index in [-0.39, 0.29) is 17.9 Å². The van der Waals surface area contributed by atoms with E-state index in [1.807, 2.05) is 42.5 Å². The second-order valence-corrected chi connectivity index (χ2v) is 7.72. The molecule has 1 N–H and O–H groups in total. The molecule has 2 amide bonds. The Kier molecular flexibility index (Phi) is 7.07. The minimum atomic E-state index is -0.293. The van der Waals surface area contributed by atoms with Gasteiger partial charge in [0.25, 0.3) is 11.8 Å². The van der Waals surface area contributed by atoms with E-state index in [0.717, 1.165) is 22.4 Å². The first kappa shape index (κ1) is 22.6. The Hall–Kier alpha value is -3.62. The number of ether oxygens (including phenoxy) is 2. The lowest BCUT2D eigenvalue weighted by atomic mass is 10.1. The van der Waals surface area contributed by atoms with Crippen molar-refractivity contribution >= 4 is 11.8 Å². The molecule has 0 unspecified atom stereocenters. The highest BCUT2D eigenvalue weighted by atomic mass is 16.5. The average Bonchev–Trinajstić information content (AvgIpc) is 2.89. The van der Waals surface area contributed by atoms with Gasteiger partial charge in [-0.25, -0.2) is 0 Å². The van der Waals surface area contributed by atoms with Gasteiger partial charge in [-0.1, -0.05) is 24.3 Å². The Morgan fingerprint density at radius 2 is 1.79 bits per heavy atom. The Morgan fingerprint density at radius 3 is 2.39 bits per heavy atom. The zero-order valence-electron chi connectivity index (χ0n) is 18.7. The van der Waals surface area contributed by atoms with Crippen molar-refractivity contribution in [2.75, 3.05) is 33.9 Å². The van der Waals surface area contributed by atoms with Crippen molar-refractivity contribution in [3.05, 3.63) is 83.4 Å². The fourth-order valence-corrected chi connectivity index (χ4v) is 3.70. The zero-order valence-corrected chi connectivity index (χ0v) is 18.7. The number of nitrogens with one attached hydrogen (secondary N) is 1. The topological polar surface area (TPSA) is 93.7 Å². The first-order valence-corrected chi connectivity index (χ1v) is 10.7. The highest BCUT2D eigenvalue weighted by molar-refractivity contribution is 5.94. The lowest BCUT2D eigenvalue weighted by molar-refractivity contribution is -0.0247. The van der Waals surface area contributed by atoms with Gasteiger partial charge in [0.1, 0.15) is 11.8 Å². The molecule has 4 rings (SSSR count). The van der Waals surface area contributed by atoms with Crippen LogP contribution in [0.5, 0.6) is 0 Å². The molecule has 0 saturated carbocycles. The Labute approximate surface area is 192 Å². The van der Waals surface area contributed by atoms with Crippen LogP contribution in [0, 0.1) is 0 Å². The predicted octanol–water partition coefficient (Wildman–Crippen LogP) is 2.86. The van der Waals surface area contributed by atoms with E-state index < -0.39 is 0 Å². The fraction of sp³-hybridized carbons (Fsp3) is 0.280. The maximum Gasteiger partial charge on any atom is 0.269 e. The molecule has 2 aromatic heterocycles. The molecule has 1 fully saturated rings. The number of amides is 2. The van der Waals surface area contributed by atoms with Crippen LogP contribution in [0.25, 0.3) is 11.1 Å². The van der Waals surface area contributed by atoms with Crippen molar-refractivity contribution in [1.29, 1.82) is 0 Å². The summed E-state index contributed by atoms with van der Waals surface area (Å²) in [6.07, 6.45) is 3.11. The van der Waals surface area contributed by atoms with Crippen molar-refractivity contribution in [3.8, 4) is 11.1 Å². The maximum atomic E-state index is 13.0. The van der Waals surface area contributed by atoms with Crippen LogP contribution in [-0.2, 0) is 16.1 Å². The van der Waals surface area contributed by atoms with Gasteiger partial charge in [-0.05, 0) is 29.8 Å². The van der Waals surface area contributed by atoms with E-state index in [0.29, 0.717) is 37.6 Å². The molecule has 1 aliphatic heterocycles. The van der Waals surface area contributed by atoms with E-state index >= 15 is 0 Å². The number of pyridine rings is 2. The minimum Gasteiger partial charge on any atom is -0.380 e. The van der Waals surface area contributed by atoms with Gasteiger partial charge in [-0.2, -0.15) is 0 Å². The zero-order chi connectivity index (χ0) is 23.2. The standard InChI is InChI=1S/C25H26N4O4/c1-26-24(30)22-10-8-20(14-28-22)19-7-9-21(27-13-19)23-15-29(11-12-33-23)25(31)18-5-3-17(4-6-18)16-32-2/h3-10,13-14,23H,11-12,15-16H2,1-2H3,(H,26,30)/t23-/m0/s1. The fourth-order valence-electron chi connectivity index (χ4n) is 3.70. The second-order valence-electron chi connectivity index (χ2n) is 7.72. The molecular formula is C25H26N4O4. The third kappa shape index (κ3) is 5.24. The number of morpholine rings is 1. The number of carbonyl (C=O) groups is 2. The van der Waals surface area contributed by atoms with Gasteiger partial charge >= 0.3 is 0 Å². The smallest absolute Gasteiger partial charge is 0.269 e. The summed E-state index contributed by atoms with van der Waals surface area (Å²) in [5, 5.41) is 2.55. The number of methoxy groups -OCH3 is 1. The predicted molar refractivity (Wildman–Crippen MR) is 123 cm³/mol. The van der Waals surface area contributed by atoms with Gasteiger partial charge < -0.3 is 19.7 Å². The van der Waals surface area contributed by atoms with Crippen molar-refractivity contribution in [3.63, 3.8) is 0 Å². The Bertz CT molecular complexity index is 1100. The molecular weight excluding hydrogens is 420 g/mol. The van der Waals surface area contributed by atoms with Gasteiger partial charge in [-0.3, -0.25) is 19.6 Å². The van der Waals surface area contributed by atoms with Gasteiger partial charge in [0.2, 0.25) is 0 Å². The van der Waals surface area contributed by atoms with Gasteiger partial charge in [0.05, 0.1) is 25.5 Å². The largest absolute Gasteiger partial charge is 0.380 e. The van der Waals surface area contributed by atoms with E-state index in [4.69, 9.17) is 9.47 Å². The summed E-state index contributed by atoms with van der Waals surface area (Å²) in [6.45, 7) is 1.94. The monoisotopic (exact) mass is 446 g/mol. The quantitative estimate of drug-likeness (QED) is 0.626. The molecule has 0 bridgehead atoms. The summed E-state index contributed by atoms with van der Waals surface area (Å²) in [6, 6.07) is 14.8. The van der Waals surface area contributed by atoms with Crippen LogP contribution in [0.4, 0.5) is 0 Å². The lowest BCUT2D eigenvalue weighted by Crippen LogP contribution is -2.42. The van der Waals surface area contributed by atoms with E-state index in [1.165, 1.54) is 0 Å². The SMILES string of the molecule is CNC(=O)c1ccc(-c2ccc([C@@H]3CN(C(=O)c4ccc(COC)cc4)CCO3)nc2)cn1. The first-order valence-electron chi connectivity index (χ1n) is 10.7. The maximum absolute atomic E-state index is 13.0. The molecule has 1 aromatic carbocycles. The second kappa shape index (κ2) is 10.3. The van der Waals surface area contributed by atoms with Gasteiger partial charge in [-0.15, -0.1) is 0 Å². The number of hydrogen-bond donors (Lipinski definition) is 1. The molecule has 8 heteroatoms. The summed E-state index contributed by atoms with van der Waals surface area (Å²) < 4.78 is 11.0. The number of carbonyl (C=O) groups excluding carboxylic acids is 2. The first-order chi connectivity index (χ1) is 16.1. The minimum absolute atomic E-state index is 0.0221.